The van der Waals surface area contributed by atoms with Gasteiger partial charge in [0.15, 0.2) is 6.10 Å². The number of aliphatic carboxylic acids is 1. The number of anilines is 1. The van der Waals surface area contributed by atoms with Crippen LogP contribution in [0.3, 0.4) is 0 Å². The highest BCUT2D eigenvalue weighted by molar-refractivity contribution is 6.04. The molecule has 3 rings (SSSR count). The first-order valence-electron chi connectivity index (χ1n) is 8.13. The zero-order valence-corrected chi connectivity index (χ0v) is 13.2. The molecule has 2 heterocycles. The fraction of sp³-hybridized carbons (Fsp3) is 0.471. The van der Waals surface area contributed by atoms with Crippen LogP contribution in [0.1, 0.15) is 36.0 Å². The average Bonchev–Trinajstić information content (AvgIpc) is 3.26. The summed E-state index contributed by atoms with van der Waals surface area (Å²) in [5.74, 6) is -1.57. The quantitative estimate of drug-likeness (QED) is 0.871. The topological polar surface area (TPSA) is 95.9 Å². The molecule has 1 aromatic carbocycles. The van der Waals surface area contributed by atoms with Crippen LogP contribution in [0.4, 0.5) is 5.69 Å². The van der Waals surface area contributed by atoms with Crippen LogP contribution >= 0.6 is 0 Å². The minimum Gasteiger partial charge on any atom is -0.479 e. The minimum absolute atomic E-state index is 0.0980. The maximum Gasteiger partial charge on any atom is 0.332 e. The van der Waals surface area contributed by atoms with E-state index in [9.17, 15) is 14.4 Å². The van der Waals surface area contributed by atoms with Gasteiger partial charge in [-0.25, -0.2) is 4.79 Å². The van der Waals surface area contributed by atoms with Crippen molar-refractivity contribution >= 4 is 23.5 Å². The van der Waals surface area contributed by atoms with Crippen molar-refractivity contribution < 1.29 is 24.2 Å². The lowest BCUT2D eigenvalue weighted by atomic mass is 10.1. The Bertz CT molecular complexity index is 654. The molecule has 7 nitrogen and oxygen atoms in total. The van der Waals surface area contributed by atoms with Crippen LogP contribution in [0.5, 0.6) is 0 Å². The summed E-state index contributed by atoms with van der Waals surface area (Å²) < 4.78 is 5.25. The molecule has 0 unspecified atom stereocenters. The lowest BCUT2D eigenvalue weighted by molar-refractivity contribution is -0.150. The number of carboxylic acids is 1. The molecule has 0 saturated carbocycles. The number of ether oxygens (including phenoxy) is 1. The third-order valence-electron chi connectivity index (χ3n) is 4.40. The van der Waals surface area contributed by atoms with Crippen LogP contribution in [-0.4, -0.2) is 53.1 Å². The number of nitrogens with zero attached hydrogens (tertiary/aromatic N) is 1. The van der Waals surface area contributed by atoms with E-state index in [0.717, 1.165) is 25.9 Å². The van der Waals surface area contributed by atoms with E-state index in [2.05, 4.69) is 5.32 Å². The number of rotatable bonds is 4. The minimum atomic E-state index is -1.06. The van der Waals surface area contributed by atoms with E-state index in [-0.39, 0.29) is 5.91 Å². The number of hydrogen-bond donors (Lipinski definition) is 2. The number of benzene rings is 1. The van der Waals surface area contributed by atoms with Gasteiger partial charge in [-0.1, -0.05) is 12.1 Å². The van der Waals surface area contributed by atoms with Crippen LogP contribution < -0.4 is 5.32 Å². The van der Waals surface area contributed by atoms with Gasteiger partial charge >= 0.3 is 5.97 Å². The van der Waals surface area contributed by atoms with Crippen molar-refractivity contribution in [2.75, 3.05) is 18.4 Å². The summed E-state index contributed by atoms with van der Waals surface area (Å²) in [7, 11) is 0. The molecule has 0 bridgehead atoms. The van der Waals surface area contributed by atoms with Gasteiger partial charge in [-0.3, -0.25) is 9.59 Å². The van der Waals surface area contributed by atoms with E-state index < -0.39 is 24.1 Å². The van der Waals surface area contributed by atoms with Gasteiger partial charge in [-0.15, -0.1) is 0 Å². The predicted octanol–water partition coefficient (Wildman–Crippen LogP) is 1.49. The second-order valence-electron chi connectivity index (χ2n) is 6.06. The van der Waals surface area contributed by atoms with Gasteiger partial charge in [0.25, 0.3) is 11.8 Å². The Kier molecular flexibility index (Phi) is 4.80. The van der Waals surface area contributed by atoms with Crippen LogP contribution in [-0.2, 0) is 14.3 Å². The molecule has 0 aromatic heterocycles. The van der Waals surface area contributed by atoms with Crippen molar-refractivity contribution in [1.82, 2.24) is 4.90 Å². The Morgan fingerprint density at radius 3 is 2.42 bits per heavy atom. The van der Waals surface area contributed by atoms with E-state index in [1.807, 2.05) is 0 Å². The molecule has 2 amide bonds. The fourth-order valence-electron chi connectivity index (χ4n) is 3.09. The van der Waals surface area contributed by atoms with Gasteiger partial charge in [0.1, 0.15) is 6.10 Å². The number of hydrogen-bond acceptors (Lipinski definition) is 4. The molecule has 24 heavy (non-hydrogen) atoms. The molecule has 0 spiro atoms. The molecule has 2 atom stereocenters. The molecule has 2 fully saturated rings. The monoisotopic (exact) mass is 332 g/mol. The highest BCUT2D eigenvalue weighted by atomic mass is 16.5. The summed E-state index contributed by atoms with van der Waals surface area (Å²) in [6.45, 7) is 1.46. The van der Waals surface area contributed by atoms with Crippen molar-refractivity contribution in [3.05, 3.63) is 29.8 Å². The fourth-order valence-corrected chi connectivity index (χ4v) is 3.09. The van der Waals surface area contributed by atoms with Gasteiger partial charge < -0.3 is 20.1 Å². The Labute approximate surface area is 139 Å². The molecular formula is C17H20N2O5. The molecule has 128 valence electrons. The van der Waals surface area contributed by atoms with Crippen molar-refractivity contribution in [3.63, 3.8) is 0 Å². The largest absolute Gasteiger partial charge is 0.479 e. The van der Waals surface area contributed by atoms with Gasteiger partial charge in [-0.2, -0.15) is 0 Å². The molecule has 2 aliphatic heterocycles. The van der Waals surface area contributed by atoms with Crippen LogP contribution in [0, 0.1) is 0 Å². The summed E-state index contributed by atoms with van der Waals surface area (Å²) in [4.78, 5) is 37.6. The average molecular weight is 332 g/mol. The Hall–Kier alpha value is -2.41. The number of carbonyl (C=O) groups is 3. The number of carbonyl (C=O) groups excluding carboxylic acids is 2. The molecular weight excluding hydrogens is 312 g/mol. The summed E-state index contributed by atoms with van der Waals surface area (Å²) >= 11 is 0. The van der Waals surface area contributed by atoms with Crippen LogP contribution in [0.15, 0.2) is 24.3 Å². The highest BCUT2D eigenvalue weighted by Gasteiger charge is 2.35. The first-order valence-corrected chi connectivity index (χ1v) is 8.13. The lowest BCUT2D eigenvalue weighted by Gasteiger charge is -2.19. The van der Waals surface area contributed by atoms with E-state index in [0.29, 0.717) is 24.1 Å². The SMILES string of the molecule is O=C(Nc1ccccc1C(=O)N1CCCC1)[C@@H]1CC[C@H](C(=O)O)O1. The first kappa shape index (κ1) is 16.4. The normalized spacial score (nSPS) is 23.2. The van der Waals surface area contributed by atoms with Gasteiger partial charge in [0.05, 0.1) is 11.3 Å². The van der Waals surface area contributed by atoms with Gasteiger partial charge in [-0.05, 0) is 37.8 Å². The maximum absolute atomic E-state index is 12.6. The van der Waals surface area contributed by atoms with E-state index in [1.54, 1.807) is 29.2 Å². The summed E-state index contributed by atoms with van der Waals surface area (Å²) in [6, 6.07) is 6.86. The smallest absolute Gasteiger partial charge is 0.332 e. The number of carboxylic acid groups (broad SMARTS) is 1. The van der Waals surface area contributed by atoms with E-state index in [4.69, 9.17) is 9.84 Å². The molecule has 2 N–H and O–H groups in total. The number of likely N-dealkylation sites (tertiary alicyclic amines) is 1. The van der Waals surface area contributed by atoms with Crippen molar-refractivity contribution in [2.45, 2.75) is 37.9 Å². The molecule has 1 aromatic rings. The number of nitrogens with one attached hydrogen (secondary N) is 1. The third kappa shape index (κ3) is 3.41. The molecule has 2 aliphatic rings. The van der Waals surface area contributed by atoms with Gasteiger partial charge in [0, 0.05) is 13.1 Å². The van der Waals surface area contributed by atoms with Gasteiger partial charge in [0.2, 0.25) is 0 Å². The maximum atomic E-state index is 12.6. The summed E-state index contributed by atoms with van der Waals surface area (Å²) in [5, 5.41) is 11.6. The first-order chi connectivity index (χ1) is 11.6. The summed E-state index contributed by atoms with van der Waals surface area (Å²) in [6.07, 6.45) is 0.898. The predicted molar refractivity (Wildman–Crippen MR) is 85.7 cm³/mol. The molecule has 7 heteroatoms. The standard InChI is InChI=1S/C17H20N2O5/c20-15(13-7-8-14(24-13)17(22)23)18-12-6-2-1-5-11(12)16(21)19-9-3-4-10-19/h1-2,5-6,13-14H,3-4,7-10H2,(H,18,20)(H,22,23)/t13-,14+/m0/s1. The second kappa shape index (κ2) is 7.00. The number of para-hydroxylation sites is 1. The third-order valence-corrected chi connectivity index (χ3v) is 4.40. The van der Waals surface area contributed by atoms with Crippen molar-refractivity contribution in [1.29, 1.82) is 0 Å². The zero-order chi connectivity index (χ0) is 17.1. The Morgan fingerprint density at radius 1 is 1.08 bits per heavy atom. The van der Waals surface area contributed by atoms with Crippen molar-refractivity contribution in [3.8, 4) is 0 Å². The lowest BCUT2D eigenvalue weighted by Crippen LogP contribution is -2.32. The number of amides is 2. The van der Waals surface area contributed by atoms with E-state index in [1.165, 1.54) is 0 Å². The van der Waals surface area contributed by atoms with Crippen molar-refractivity contribution in [2.24, 2.45) is 0 Å². The van der Waals surface area contributed by atoms with Crippen LogP contribution in [0.2, 0.25) is 0 Å². The van der Waals surface area contributed by atoms with E-state index >= 15 is 0 Å². The highest BCUT2D eigenvalue weighted by Crippen LogP contribution is 2.24. The molecule has 0 radical (unpaired) electrons. The molecule has 0 aliphatic carbocycles. The Morgan fingerprint density at radius 2 is 1.75 bits per heavy atom. The summed E-state index contributed by atoms with van der Waals surface area (Å²) in [5.41, 5.74) is 0.877. The second-order valence-corrected chi connectivity index (χ2v) is 6.06. The van der Waals surface area contributed by atoms with Crippen LogP contribution in [0.25, 0.3) is 0 Å². The Balaban J connectivity index is 1.70. The zero-order valence-electron chi connectivity index (χ0n) is 13.2. The molecule has 2 saturated heterocycles.